The molecule has 1 atom stereocenters. The van der Waals surface area contributed by atoms with E-state index in [-0.39, 0.29) is 19.6 Å². The molecule has 34 heavy (non-hydrogen) atoms. The molecule has 9 nitrogen and oxygen atoms in total. The van der Waals surface area contributed by atoms with Crippen molar-refractivity contribution in [2.75, 3.05) is 25.6 Å². The van der Waals surface area contributed by atoms with E-state index in [1.165, 1.54) is 13.2 Å². The van der Waals surface area contributed by atoms with Crippen molar-refractivity contribution in [3.05, 3.63) is 53.7 Å². The van der Waals surface area contributed by atoms with Gasteiger partial charge in [-0.15, -0.1) is 0 Å². The summed E-state index contributed by atoms with van der Waals surface area (Å²) in [7, 11) is 1.39. The number of para-hydroxylation sites is 1. The Bertz CT molecular complexity index is 1260. The van der Waals surface area contributed by atoms with E-state index in [4.69, 9.17) is 9.47 Å². The van der Waals surface area contributed by atoms with Crippen molar-refractivity contribution >= 4 is 21.2 Å². The molecule has 2 aliphatic heterocycles. The number of rotatable bonds is 3. The van der Waals surface area contributed by atoms with Crippen LogP contribution in [-0.2, 0) is 6.42 Å². The molecule has 3 aromatic rings. The number of H-pyrrole nitrogens is 1. The second-order valence-corrected chi connectivity index (χ2v) is 10.8. The summed E-state index contributed by atoms with van der Waals surface area (Å²) >= 11 is -0.975. The number of benzene rings is 1. The van der Waals surface area contributed by atoms with Crippen molar-refractivity contribution in [2.24, 2.45) is 0 Å². The van der Waals surface area contributed by atoms with Gasteiger partial charge in [-0.05, 0) is 0 Å². The molecule has 2 aliphatic rings. The number of methoxy groups -OCH3 is 1. The van der Waals surface area contributed by atoms with Gasteiger partial charge < -0.3 is 0 Å². The van der Waals surface area contributed by atoms with Crippen LogP contribution >= 0.6 is 0 Å². The Morgan fingerprint density at radius 1 is 1.29 bits per heavy atom. The average molecular weight is 578 g/mol. The summed E-state index contributed by atoms with van der Waals surface area (Å²) in [6.07, 6.45) is 4.37. The number of aromatic amines is 1. The Hall–Kier alpha value is -3.35. The van der Waals surface area contributed by atoms with Crippen molar-refractivity contribution in [1.82, 2.24) is 20.6 Å². The van der Waals surface area contributed by atoms with Crippen molar-refractivity contribution in [3.8, 4) is 22.8 Å². The minimum absolute atomic E-state index is 0.0266. The molecule has 0 saturated carbocycles. The van der Waals surface area contributed by atoms with Gasteiger partial charge in [0.2, 0.25) is 0 Å². The molecule has 1 aromatic carbocycles. The Kier molecular flexibility index (Phi) is 6.26. The van der Waals surface area contributed by atoms with E-state index in [0.29, 0.717) is 65.6 Å². The number of nitrogens with zero attached hydrogens (tertiary/aromatic N) is 1. The van der Waals surface area contributed by atoms with E-state index in [1.54, 1.807) is 30.6 Å². The summed E-state index contributed by atoms with van der Waals surface area (Å²) < 4.78 is 25.4. The Labute approximate surface area is 205 Å². The Morgan fingerprint density at radius 2 is 2.18 bits per heavy atom. The average Bonchev–Trinajstić information content (AvgIpc) is 3.17. The van der Waals surface area contributed by atoms with Crippen LogP contribution in [0.25, 0.3) is 11.3 Å². The van der Waals surface area contributed by atoms with E-state index < -0.39 is 27.0 Å². The van der Waals surface area contributed by atoms with Gasteiger partial charge in [-0.2, -0.15) is 0 Å². The molecule has 0 aliphatic carbocycles. The summed E-state index contributed by atoms with van der Waals surface area (Å²) in [6, 6.07) is 6.35. The van der Waals surface area contributed by atoms with Gasteiger partial charge in [-0.25, -0.2) is 0 Å². The molecule has 1 unspecified atom stereocenters. The molecule has 3 bridgehead atoms. The molecule has 0 radical (unpaired) electrons. The normalized spacial score (nSPS) is 17.9. The first-order chi connectivity index (χ1) is 16.5. The van der Waals surface area contributed by atoms with Gasteiger partial charge in [0.05, 0.1) is 0 Å². The molecule has 2 amide bonds. The van der Waals surface area contributed by atoms with Gasteiger partial charge in [-0.3, -0.25) is 0 Å². The number of fused-ring (bicyclic) bond motifs is 4. The molecular formula is C23H22FIN5O4-. The van der Waals surface area contributed by atoms with Crippen LogP contribution in [0.5, 0.6) is 11.5 Å². The van der Waals surface area contributed by atoms with Crippen LogP contribution < -0.4 is 46.6 Å². The summed E-state index contributed by atoms with van der Waals surface area (Å²) in [5.41, 5.74) is 3.30. The number of amides is 2. The summed E-state index contributed by atoms with van der Waals surface area (Å²) in [6.45, 7) is 0.884. The van der Waals surface area contributed by atoms with Crippen LogP contribution in [0.2, 0.25) is 0 Å². The molecule has 178 valence electrons. The molecule has 0 spiro atoms. The molecule has 0 fully saturated rings. The third kappa shape index (κ3) is 4.27. The maximum atomic E-state index is 14.4. The number of halogens is 2. The zero-order chi connectivity index (χ0) is 23.7. The SMILES string of the molecule is COc1c(F)cccc1Nc1c2[nH]c3c1C(=O)NC(C3)[I-]C(=O)NCCCOc1cnccc1-2. The number of aromatic nitrogens is 2. The third-order valence-electron chi connectivity index (χ3n) is 5.53. The standard InChI is InChI=1S/C23H22FIN5O4/c1-33-21-13(24)4-2-5-14(21)28-20-18-15-10-17(30-22(18)31)25-23(32)27-7-3-9-34-16-11-26-8-6-12(16)19(20)29-15/h2,4-6,8,11,17,28-29H,3,7,9-10H2,1H3,(H,27,32)(H,30,31)/q-1. The number of anilines is 2. The molecule has 4 N–H and O–H groups in total. The second kappa shape index (κ2) is 9.49. The van der Waals surface area contributed by atoms with Gasteiger partial charge >= 0.3 is 205 Å². The number of carbonyl (C=O) groups excluding carboxylic acids is 2. The quantitative estimate of drug-likeness (QED) is 0.152. The number of hydrogen-bond donors (Lipinski definition) is 4. The first-order valence-corrected chi connectivity index (χ1v) is 13.0. The van der Waals surface area contributed by atoms with Crippen LogP contribution in [0.3, 0.4) is 0 Å². The number of ether oxygens (including phenoxy) is 2. The number of carbonyl (C=O) groups is 2. The van der Waals surface area contributed by atoms with Crippen molar-refractivity contribution in [1.29, 1.82) is 0 Å². The monoisotopic (exact) mass is 578 g/mol. The van der Waals surface area contributed by atoms with Gasteiger partial charge in [0, 0.05) is 0 Å². The minimum atomic E-state index is -0.975. The van der Waals surface area contributed by atoms with Crippen LogP contribution in [0.4, 0.5) is 20.6 Å². The summed E-state index contributed by atoms with van der Waals surface area (Å²) in [5, 5.41) is 9.11. The first-order valence-electron chi connectivity index (χ1n) is 10.7. The zero-order valence-electron chi connectivity index (χ0n) is 18.2. The summed E-state index contributed by atoms with van der Waals surface area (Å²) in [5.74, 6) is -0.254. The third-order valence-corrected chi connectivity index (χ3v) is 7.98. The Balaban J connectivity index is 1.68. The van der Waals surface area contributed by atoms with Gasteiger partial charge in [0.1, 0.15) is 0 Å². The van der Waals surface area contributed by atoms with Crippen molar-refractivity contribution in [3.63, 3.8) is 0 Å². The molecule has 4 heterocycles. The first kappa shape index (κ1) is 22.4. The molecule has 0 saturated heterocycles. The zero-order valence-corrected chi connectivity index (χ0v) is 20.4. The predicted octanol–water partition coefficient (Wildman–Crippen LogP) is 0.161. The van der Waals surface area contributed by atoms with Crippen LogP contribution in [0.15, 0.2) is 36.7 Å². The number of hydrogen-bond acceptors (Lipinski definition) is 6. The molecule has 5 rings (SSSR count). The van der Waals surface area contributed by atoms with Gasteiger partial charge in [-0.1, -0.05) is 0 Å². The van der Waals surface area contributed by atoms with Crippen LogP contribution in [0.1, 0.15) is 22.5 Å². The molecule has 2 aromatic heterocycles. The van der Waals surface area contributed by atoms with E-state index in [9.17, 15) is 14.0 Å². The fourth-order valence-corrected chi connectivity index (χ4v) is 6.31. The van der Waals surface area contributed by atoms with Gasteiger partial charge in [0.15, 0.2) is 0 Å². The van der Waals surface area contributed by atoms with Gasteiger partial charge in [0.25, 0.3) is 0 Å². The maximum absolute atomic E-state index is 14.4. The van der Waals surface area contributed by atoms with E-state index >= 15 is 0 Å². The van der Waals surface area contributed by atoms with Crippen molar-refractivity contribution < 1.29 is 44.7 Å². The van der Waals surface area contributed by atoms with E-state index in [2.05, 4.69) is 25.9 Å². The fraction of sp³-hybridized carbons (Fsp3) is 0.261. The number of pyridine rings is 1. The summed E-state index contributed by atoms with van der Waals surface area (Å²) in [4.78, 5) is 33.2. The Morgan fingerprint density at radius 3 is 3.03 bits per heavy atom. The predicted molar refractivity (Wildman–Crippen MR) is 119 cm³/mol. The van der Waals surface area contributed by atoms with Crippen molar-refractivity contribution in [2.45, 2.75) is 16.9 Å². The van der Waals surface area contributed by atoms with Crippen LogP contribution in [0, 0.1) is 5.82 Å². The van der Waals surface area contributed by atoms with E-state index in [1.807, 2.05) is 0 Å². The van der Waals surface area contributed by atoms with E-state index in [0.717, 1.165) is 0 Å². The van der Waals surface area contributed by atoms with Crippen LogP contribution in [-0.4, -0.2) is 44.1 Å². The molecule has 11 heteroatoms. The molecular weight excluding hydrogens is 556 g/mol. The second-order valence-electron chi connectivity index (χ2n) is 7.70. The fourth-order valence-electron chi connectivity index (χ4n) is 4.04. The topological polar surface area (TPSA) is 117 Å². The number of alkyl halides is 1. The number of nitrogens with one attached hydrogen (secondary N) is 4.